The van der Waals surface area contributed by atoms with E-state index in [-0.39, 0.29) is 10.3 Å². The summed E-state index contributed by atoms with van der Waals surface area (Å²) in [4.78, 5) is 25.6. The normalized spacial score (nSPS) is 9.27. The van der Waals surface area contributed by atoms with E-state index < -0.39 is 22.3 Å². The molecule has 0 radical (unpaired) electrons. The molecule has 1 aromatic rings. The van der Waals surface area contributed by atoms with Gasteiger partial charge in [0.05, 0.1) is 0 Å². The number of carboxylic acids is 1. The Balaban J connectivity index is 0.000000423. The van der Waals surface area contributed by atoms with Crippen LogP contribution in [0.3, 0.4) is 0 Å². The molecule has 0 atom stereocenters. The van der Waals surface area contributed by atoms with Crippen LogP contribution in [-0.4, -0.2) is 37.8 Å². The third kappa shape index (κ3) is 5.92. The Hall–Kier alpha value is -1.28. The fourth-order valence-electron chi connectivity index (χ4n) is 0.569. The van der Waals surface area contributed by atoms with Crippen molar-refractivity contribution in [2.75, 3.05) is 12.5 Å². The van der Waals surface area contributed by atoms with Crippen molar-refractivity contribution in [1.29, 1.82) is 0 Å². The van der Waals surface area contributed by atoms with Gasteiger partial charge in [-0.2, -0.15) is 0 Å². The lowest BCUT2D eigenvalue weighted by molar-refractivity contribution is 0.0694. The van der Waals surface area contributed by atoms with Crippen LogP contribution in [-0.2, 0) is 10.8 Å². The molecule has 6 nitrogen and oxygen atoms in total. The molecule has 1 rings (SSSR count). The Morgan fingerprint density at radius 2 is 2.00 bits per heavy atom. The fourth-order valence-corrected chi connectivity index (χ4v) is 0.720. The number of H-pyrrole nitrogens is 2. The van der Waals surface area contributed by atoms with Crippen LogP contribution in [0.25, 0.3) is 0 Å². The van der Waals surface area contributed by atoms with Crippen LogP contribution < -0.4 is 5.56 Å². The van der Waals surface area contributed by atoms with E-state index in [0.29, 0.717) is 0 Å². The smallest absolute Gasteiger partial charge is 0.342 e. The molecule has 0 saturated heterocycles. The molecule has 0 bridgehead atoms. The molecule has 0 aliphatic rings. The van der Waals surface area contributed by atoms with Crippen LogP contribution in [0.2, 0.25) is 0 Å². The molecule has 84 valence electrons. The average molecular weight is 250 g/mol. The van der Waals surface area contributed by atoms with Gasteiger partial charge in [-0.05, 0) is 12.2 Å². The zero-order valence-electron chi connectivity index (χ0n) is 8.07. The van der Waals surface area contributed by atoms with Crippen molar-refractivity contribution in [2.45, 2.75) is 0 Å². The number of rotatable bonds is 1. The van der Waals surface area contributed by atoms with Crippen LogP contribution in [0.1, 0.15) is 10.4 Å². The van der Waals surface area contributed by atoms with Crippen LogP contribution in [0, 0.1) is 4.77 Å². The molecule has 8 heteroatoms. The van der Waals surface area contributed by atoms with Crippen LogP contribution in [0.4, 0.5) is 0 Å². The molecule has 0 aliphatic heterocycles. The Morgan fingerprint density at radius 3 is 2.33 bits per heavy atom. The number of aromatic carboxylic acids is 1. The van der Waals surface area contributed by atoms with E-state index >= 15 is 0 Å². The van der Waals surface area contributed by atoms with E-state index in [1.807, 2.05) is 0 Å². The van der Waals surface area contributed by atoms with E-state index in [9.17, 15) is 13.8 Å². The van der Waals surface area contributed by atoms with Crippen molar-refractivity contribution in [1.82, 2.24) is 9.97 Å². The van der Waals surface area contributed by atoms with Crippen molar-refractivity contribution in [3.63, 3.8) is 0 Å². The zero-order chi connectivity index (χ0) is 12.0. The van der Waals surface area contributed by atoms with Crippen LogP contribution in [0.5, 0.6) is 0 Å². The Kier molecular flexibility index (Phi) is 5.72. The highest BCUT2D eigenvalue weighted by Gasteiger charge is 2.06. The highest BCUT2D eigenvalue weighted by atomic mass is 32.2. The molecular formula is C7H10N2O4S2. The second kappa shape index (κ2) is 6.25. The van der Waals surface area contributed by atoms with E-state index in [0.717, 1.165) is 6.20 Å². The average Bonchev–Trinajstić information content (AvgIpc) is 2.01. The van der Waals surface area contributed by atoms with Gasteiger partial charge in [-0.15, -0.1) is 0 Å². The quantitative estimate of drug-likeness (QED) is 0.614. The summed E-state index contributed by atoms with van der Waals surface area (Å²) in [7, 11) is -0.611. The van der Waals surface area contributed by atoms with E-state index in [1.165, 1.54) is 0 Å². The molecular weight excluding hydrogens is 240 g/mol. The summed E-state index contributed by atoms with van der Waals surface area (Å²) in [6.45, 7) is 0. The molecule has 0 aromatic carbocycles. The number of carbonyl (C=O) groups is 1. The van der Waals surface area contributed by atoms with Gasteiger partial charge in [0.15, 0.2) is 4.77 Å². The van der Waals surface area contributed by atoms with Crippen molar-refractivity contribution in [3.05, 3.63) is 26.9 Å². The van der Waals surface area contributed by atoms with Crippen LogP contribution >= 0.6 is 12.2 Å². The molecule has 0 aliphatic carbocycles. The monoisotopic (exact) mass is 250 g/mol. The van der Waals surface area contributed by atoms with Gasteiger partial charge in [0.1, 0.15) is 5.56 Å². The maximum absolute atomic E-state index is 10.8. The van der Waals surface area contributed by atoms with Crippen molar-refractivity contribution in [2.24, 2.45) is 0 Å². The van der Waals surface area contributed by atoms with E-state index in [1.54, 1.807) is 12.5 Å². The lowest BCUT2D eigenvalue weighted by atomic mass is 10.3. The standard InChI is InChI=1S/C5H4N2O3S.C2H6OS/c8-3-2(4(9)10)1-6-5(11)7-3;1-4(2)3/h1H,(H,9,10)(H2,6,7,8,11);1-2H3. The summed E-state index contributed by atoms with van der Waals surface area (Å²) in [5.41, 5.74) is -1.04. The molecule has 0 unspecified atom stereocenters. The molecule has 1 aromatic heterocycles. The molecule has 1 heterocycles. The Labute approximate surface area is 92.8 Å². The predicted molar refractivity (Wildman–Crippen MR) is 59.2 cm³/mol. The van der Waals surface area contributed by atoms with E-state index in [2.05, 4.69) is 22.2 Å². The Bertz CT molecular complexity index is 472. The van der Waals surface area contributed by atoms with Gasteiger partial charge in [0, 0.05) is 29.5 Å². The van der Waals surface area contributed by atoms with Gasteiger partial charge in [0.25, 0.3) is 5.56 Å². The van der Waals surface area contributed by atoms with Gasteiger partial charge in [-0.25, -0.2) is 4.79 Å². The molecule has 0 fully saturated rings. The molecule has 15 heavy (non-hydrogen) atoms. The number of aromatic nitrogens is 2. The highest BCUT2D eigenvalue weighted by molar-refractivity contribution is 7.83. The van der Waals surface area contributed by atoms with Gasteiger partial charge >= 0.3 is 5.97 Å². The fraction of sp³-hybridized carbons (Fsp3) is 0.286. The lowest BCUT2D eigenvalue weighted by Gasteiger charge is -1.89. The first-order chi connectivity index (χ1) is 6.84. The van der Waals surface area contributed by atoms with Gasteiger partial charge < -0.3 is 10.1 Å². The third-order valence-corrected chi connectivity index (χ3v) is 1.27. The minimum Gasteiger partial charge on any atom is -0.477 e. The predicted octanol–water partition coefficient (Wildman–Crippen LogP) is 0.125. The van der Waals surface area contributed by atoms with E-state index in [4.69, 9.17) is 5.11 Å². The number of nitrogens with one attached hydrogen (secondary N) is 2. The molecule has 3 N–H and O–H groups in total. The van der Waals surface area contributed by atoms with Gasteiger partial charge in [-0.1, -0.05) is 0 Å². The maximum atomic E-state index is 10.8. The topological polar surface area (TPSA) is 103 Å². The Morgan fingerprint density at radius 1 is 1.53 bits per heavy atom. The lowest BCUT2D eigenvalue weighted by Crippen LogP contribution is -2.17. The minimum absolute atomic E-state index is 0.111. The first-order valence-corrected chi connectivity index (χ1v) is 6.02. The molecule has 0 spiro atoms. The summed E-state index contributed by atoms with van der Waals surface area (Å²) >= 11 is 4.54. The SMILES string of the molecule is CS(C)=O.O=C(O)c1c[nH]c(=S)[nH]c1=O. The number of hydrogen-bond donors (Lipinski definition) is 3. The number of hydrogen-bond acceptors (Lipinski definition) is 4. The van der Waals surface area contributed by atoms with Crippen molar-refractivity contribution >= 4 is 29.0 Å². The van der Waals surface area contributed by atoms with Gasteiger partial charge in [0.2, 0.25) is 0 Å². The second-order valence-corrected chi connectivity index (χ2v) is 4.42. The molecule has 0 amide bonds. The second-order valence-electron chi connectivity index (χ2n) is 2.53. The van der Waals surface area contributed by atoms with Crippen LogP contribution in [0.15, 0.2) is 11.0 Å². The van der Waals surface area contributed by atoms with Crippen molar-refractivity contribution in [3.8, 4) is 0 Å². The summed E-state index contributed by atoms with van der Waals surface area (Å²) in [5, 5.41) is 8.38. The summed E-state index contributed by atoms with van der Waals surface area (Å²) in [6.07, 6.45) is 4.34. The van der Waals surface area contributed by atoms with Crippen molar-refractivity contribution < 1.29 is 14.1 Å². The maximum Gasteiger partial charge on any atom is 0.342 e. The summed E-state index contributed by atoms with van der Waals surface area (Å²) in [5.74, 6) is -1.28. The summed E-state index contributed by atoms with van der Waals surface area (Å²) < 4.78 is 9.67. The third-order valence-electron chi connectivity index (χ3n) is 1.05. The summed E-state index contributed by atoms with van der Waals surface area (Å²) in [6, 6.07) is 0. The zero-order valence-corrected chi connectivity index (χ0v) is 9.70. The first-order valence-electron chi connectivity index (χ1n) is 3.65. The molecule has 0 saturated carbocycles. The highest BCUT2D eigenvalue weighted by Crippen LogP contribution is 1.84. The largest absolute Gasteiger partial charge is 0.477 e. The number of carboxylic acid groups (broad SMARTS) is 1. The minimum atomic E-state index is -1.28. The van der Waals surface area contributed by atoms with Gasteiger partial charge in [-0.3, -0.25) is 14.0 Å². The number of aromatic amines is 2. The first kappa shape index (κ1) is 13.7.